The standard InChI is InChI=1S/C20H24FN3O2S/c1-13-17(14-4-6-16(21)7-5-14)11-18(27-13)20(26)24-10-2-3-15(12-24)19(25)23-9-8-22/h4-7,11,15H,2-3,8-10,12,22H2,1H3,(H,23,25). The zero-order valence-electron chi connectivity index (χ0n) is 15.3. The van der Waals surface area contributed by atoms with E-state index >= 15 is 0 Å². The van der Waals surface area contributed by atoms with Gasteiger partial charge >= 0.3 is 0 Å². The van der Waals surface area contributed by atoms with E-state index in [1.165, 1.54) is 23.5 Å². The number of nitrogens with two attached hydrogens (primary N) is 1. The molecule has 0 saturated carbocycles. The van der Waals surface area contributed by atoms with Gasteiger partial charge in [0.15, 0.2) is 0 Å². The second-order valence-electron chi connectivity index (χ2n) is 6.76. The van der Waals surface area contributed by atoms with E-state index in [9.17, 15) is 14.0 Å². The average Bonchev–Trinajstić information content (AvgIpc) is 3.08. The van der Waals surface area contributed by atoms with Gasteiger partial charge in [0.05, 0.1) is 10.8 Å². The van der Waals surface area contributed by atoms with E-state index in [2.05, 4.69) is 5.32 Å². The first kappa shape index (κ1) is 19.5. The van der Waals surface area contributed by atoms with Crippen molar-refractivity contribution in [3.63, 3.8) is 0 Å². The van der Waals surface area contributed by atoms with E-state index in [0.717, 1.165) is 28.8 Å². The third-order valence-corrected chi connectivity index (χ3v) is 5.85. The number of hydrogen-bond acceptors (Lipinski definition) is 4. The van der Waals surface area contributed by atoms with Gasteiger partial charge in [0, 0.05) is 31.1 Å². The molecule has 1 aliphatic heterocycles. The van der Waals surface area contributed by atoms with Gasteiger partial charge in [-0.15, -0.1) is 11.3 Å². The number of aryl methyl sites for hydroxylation is 1. The van der Waals surface area contributed by atoms with Crippen molar-refractivity contribution in [2.75, 3.05) is 26.2 Å². The van der Waals surface area contributed by atoms with Crippen molar-refractivity contribution >= 4 is 23.2 Å². The summed E-state index contributed by atoms with van der Waals surface area (Å²) in [6, 6.07) is 8.15. The third kappa shape index (κ3) is 4.54. The second-order valence-corrected chi connectivity index (χ2v) is 8.01. The number of likely N-dealkylation sites (tertiary alicyclic amines) is 1. The summed E-state index contributed by atoms with van der Waals surface area (Å²) in [4.78, 5) is 28.6. The molecule has 0 radical (unpaired) electrons. The molecule has 3 rings (SSSR count). The maximum atomic E-state index is 13.2. The zero-order valence-corrected chi connectivity index (χ0v) is 16.2. The van der Waals surface area contributed by atoms with Crippen LogP contribution in [0.1, 0.15) is 27.4 Å². The zero-order chi connectivity index (χ0) is 19.4. The summed E-state index contributed by atoms with van der Waals surface area (Å²) in [6.07, 6.45) is 1.59. The molecule has 2 aromatic rings. The first-order valence-corrected chi connectivity index (χ1v) is 9.94. The van der Waals surface area contributed by atoms with Crippen molar-refractivity contribution in [2.45, 2.75) is 19.8 Å². The molecule has 1 aromatic heterocycles. The maximum Gasteiger partial charge on any atom is 0.263 e. The van der Waals surface area contributed by atoms with Crippen molar-refractivity contribution in [1.82, 2.24) is 10.2 Å². The minimum Gasteiger partial charge on any atom is -0.355 e. The van der Waals surface area contributed by atoms with Crippen molar-refractivity contribution in [1.29, 1.82) is 0 Å². The second kappa shape index (κ2) is 8.63. The molecule has 0 spiro atoms. The summed E-state index contributed by atoms with van der Waals surface area (Å²) >= 11 is 1.44. The number of halogens is 1. The van der Waals surface area contributed by atoms with Gasteiger partial charge in [0.1, 0.15) is 5.82 Å². The lowest BCUT2D eigenvalue weighted by Crippen LogP contribution is -2.46. The number of piperidine rings is 1. The molecular weight excluding hydrogens is 365 g/mol. The molecule has 144 valence electrons. The minimum absolute atomic E-state index is 0.0349. The molecule has 7 heteroatoms. The lowest BCUT2D eigenvalue weighted by atomic mass is 9.97. The molecule has 1 atom stereocenters. The highest BCUT2D eigenvalue weighted by Gasteiger charge is 2.29. The smallest absolute Gasteiger partial charge is 0.263 e. The topological polar surface area (TPSA) is 75.4 Å². The van der Waals surface area contributed by atoms with E-state index in [1.807, 2.05) is 13.0 Å². The van der Waals surface area contributed by atoms with Crippen LogP contribution in [0.3, 0.4) is 0 Å². The van der Waals surface area contributed by atoms with E-state index in [-0.39, 0.29) is 23.5 Å². The molecular formula is C20H24FN3O2S. The average molecular weight is 389 g/mol. The fourth-order valence-corrected chi connectivity index (χ4v) is 4.38. The normalized spacial score (nSPS) is 17.0. The number of rotatable bonds is 5. The highest BCUT2D eigenvalue weighted by molar-refractivity contribution is 7.14. The Labute approximate surface area is 162 Å². The van der Waals surface area contributed by atoms with Gasteiger partial charge in [-0.3, -0.25) is 9.59 Å². The fourth-order valence-electron chi connectivity index (χ4n) is 3.37. The Balaban J connectivity index is 1.73. The van der Waals surface area contributed by atoms with Crippen molar-refractivity contribution in [2.24, 2.45) is 11.7 Å². The Morgan fingerprint density at radius 1 is 1.33 bits per heavy atom. The molecule has 0 bridgehead atoms. The first-order valence-electron chi connectivity index (χ1n) is 9.13. The first-order chi connectivity index (χ1) is 13.0. The number of carbonyl (C=O) groups excluding carboxylic acids is 2. The van der Waals surface area contributed by atoms with E-state index in [1.54, 1.807) is 17.0 Å². The Kier molecular flexibility index (Phi) is 6.23. The highest BCUT2D eigenvalue weighted by atomic mass is 32.1. The molecule has 1 fully saturated rings. The Hall–Kier alpha value is -2.25. The summed E-state index contributed by atoms with van der Waals surface area (Å²) in [5.74, 6) is -0.554. The van der Waals surface area contributed by atoms with Crippen molar-refractivity contribution < 1.29 is 14.0 Å². The molecule has 1 aromatic carbocycles. The predicted molar refractivity (Wildman–Crippen MR) is 105 cm³/mol. The molecule has 5 nitrogen and oxygen atoms in total. The summed E-state index contributed by atoms with van der Waals surface area (Å²) in [5, 5.41) is 2.81. The summed E-state index contributed by atoms with van der Waals surface area (Å²) in [7, 11) is 0. The largest absolute Gasteiger partial charge is 0.355 e. The lowest BCUT2D eigenvalue weighted by Gasteiger charge is -2.31. The Bertz CT molecular complexity index is 819. The number of nitrogens with zero attached hydrogens (tertiary/aromatic N) is 1. The molecule has 1 unspecified atom stereocenters. The van der Waals surface area contributed by atoms with Crippen LogP contribution in [0.25, 0.3) is 11.1 Å². The van der Waals surface area contributed by atoms with Crippen LogP contribution in [-0.2, 0) is 4.79 Å². The number of amides is 2. The van der Waals surface area contributed by atoms with Crippen molar-refractivity contribution in [3.8, 4) is 11.1 Å². The van der Waals surface area contributed by atoms with Crippen LogP contribution in [0.2, 0.25) is 0 Å². The van der Waals surface area contributed by atoms with Gasteiger partial charge in [-0.25, -0.2) is 4.39 Å². The summed E-state index contributed by atoms with van der Waals surface area (Å²) in [5.41, 5.74) is 7.26. The number of nitrogens with one attached hydrogen (secondary N) is 1. The van der Waals surface area contributed by atoms with Crippen LogP contribution >= 0.6 is 11.3 Å². The quantitative estimate of drug-likeness (QED) is 0.826. The molecule has 0 aliphatic carbocycles. The molecule has 2 heterocycles. The van der Waals surface area contributed by atoms with Gasteiger partial charge in [0.2, 0.25) is 5.91 Å². The Morgan fingerprint density at radius 3 is 2.78 bits per heavy atom. The molecule has 1 saturated heterocycles. The predicted octanol–water partition coefficient (Wildman–Crippen LogP) is 2.79. The van der Waals surface area contributed by atoms with Crippen LogP contribution in [0.5, 0.6) is 0 Å². The van der Waals surface area contributed by atoms with Crippen molar-refractivity contribution in [3.05, 3.63) is 45.9 Å². The van der Waals surface area contributed by atoms with Crippen LogP contribution in [0.4, 0.5) is 4.39 Å². The number of thiophene rings is 1. The SMILES string of the molecule is Cc1sc(C(=O)N2CCCC(C(=O)NCCN)C2)cc1-c1ccc(F)cc1. The van der Waals surface area contributed by atoms with Crippen LogP contribution in [0.15, 0.2) is 30.3 Å². The van der Waals surface area contributed by atoms with Gasteiger partial charge in [-0.2, -0.15) is 0 Å². The van der Waals surface area contributed by atoms with Gasteiger partial charge in [0.25, 0.3) is 5.91 Å². The van der Waals surface area contributed by atoms with E-state index in [4.69, 9.17) is 5.73 Å². The van der Waals surface area contributed by atoms with Crippen LogP contribution in [-0.4, -0.2) is 42.9 Å². The van der Waals surface area contributed by atoms with Gasteiger partial charge in [-0.05, 0) is 49.1 Å². The fraction of sp³-hybridized carbons (Fsp3) is 0.400. The van der Waals surface area contributed by atoms with Crippen LogP contribution in [0, 0.1) is 18.7 Å². The maximum absolute atomic E-state index is 13.2. The molecule has 1 aliphatic rings. The summed E-state index contributed by atoms with van der Waals surface area (Å²) < 4.78 is 13.2. The molecule has 3 N–H and O–H groups in total. The van der Waals surface area contributed by atoms with Gasteiger partial charge < -0.3 is 16.0 Å². The van der Waals surface area contributed by atoms with E-state index < -0.39 is 0 Å². The minimum atomic E-state index is -0.282. The van der Waals surface area contributed by atoms with Crippen LogP contribution < -0.4 is 11.1 Å². The molecule has 27 heavy (non-hydrogen) atoms. The Morgan fingerprint density at radius 2 is 2.07 bits per heavy atom. The third-order valence-electron chi connectivity index (χ3n) is 4.81. The van der Waals surface area contributed by atoms with Gasteiger partial charge in [-0.1, -0.05) is 12.1 Å². The monoisotopic (exact) mass is 389 g/mol. The summed E-state index contributed by atoms with van der Waals surface area (Å²) in [6.45, 7) is 3.90. The number of benzene rings is 1. The lowest BCUT2D eigenvalue weighted by molar-refractivity contribution is -0.126. The number of carbonyl (C=O) groups is 2. The number of hydrogen-bond donors (Lipinski definition) is 2. The highest BCUT2D eigenvalue weighted by Crippen LogP contribution is 2.32. The van der Waals surface area contributed by atoms with E-state index in [0.29, 0.717) is 31.1 Å². The molecule has 2 amide bonds.